The summed E-state index contributed by atoms with van der Waals surface area (Å²) in [5.74, 6) is -2.20. The van der Waals surface area contributed by atoms with Gasteiger partial charge in [0.1, 0.15) is 10.7 Å². The van der Waals surface area contributed by atoms with Gasteiger partial charge in [0, 0.05) is 4.47 Å². The number of carboxylic acids is 1. The lowest BCUT2D eigenvalue weighted by molar-refractivity contribution is 0.0697. The van der Waals surface area contributed by atoms with E-state index in [2.05, 4.69) is 20.7 Å². The van der Waals surface area contributed by atoms with E-state index in [0.717, 1.165) is 18.2 Å². The van der Waals surface area contributed by atoms with Crippen molar-refractivity contribution in [3.63, 3.8) is 0 Å². The van der Waals surface area contributed by atoms with Crippen LogP contribution in [0.4, 0.5) is 10.1 Å². The van der Waals surface area contributed by atoms with E-state index in [9.17, 15) is 17.6 Å². The second-order valence-electron chi connectivity index (χ2n) is 4.03. The third-order valence-electron chi connectivity index (χ3n) is 2.58. The van der Waals surface area contributed by atoms with Crippen LogP contribution >= 0.6 is 15.9 Å². The molecule has 0 amide bonds. The number of sulfonamides is 1. The fourth-order valence-electron chi connectivity index (χ4n) is 1.64. The molecule has 0 spiro atoms. The van der Waals surface area contributed by atoms with Crippen molar-refractivity contribution in [1.29, 1.82) is 0 Å². The Morgan fingerprint density at radius 1 is 1.19 bits per heavy atom. The van der Waals surface area contributed by atoms with Crippen LogP contribution in [0.25, 0.3) is 0 Å². The van der Waals surface area contributed by atoms with Crippen molar-refractivity contribution in [1.82, 2.24) is 0 Å². The maximum absolute atomic E-state index is 13.1. The average Bonchev–Trinajstić information content (AvgIpc) is 2.40. The molecule has 110 valence electrons. The largest absolute Gasteiger partial charge is 0.478 e. The molecule has 0 aliphatic heterocycles. The van der Waals surface area contributed by atoms with Gasteiger partial charge in [-0.3, -0.25) is 4.72 Å². The molecule has 0 aliphatic carbocycles. The molecule has 2 N–H and O–H groups in total. The van der Waals surface area contributed by atoms with Crippen LogP contribution in [0, 0.1) is 5.82 Å². The summed E-state index contributed by atoms with van der Waals surface area (Å²) in [5.41, 5.74) is -0.676. The molecule has 0 saturated heterocycles. The molecule has 0 fully saturated rings. The SMILES string of the molecule is O=C(O)c1cc(F)ccc1NS(=O)(=O)c1ccccc1Br. The smallest absolute Gasteiger partial charge is 0.337 e. The monoisotopic (exact) mass is 373 g/mol. The number of hydrogen-bond donors (Lipinski definition) is 2. The van der Waals surface area contributed by atoms with E-state index in [0.29, 0.717) is 4.47 Å². The lowest BCUT2D eigenvalue weighted by Crippen LogP contribution is -2.16. The Hall–Kier alpha value is -1.93. The van der Waals surface area contributed by atoms with Crippen LogP contribution in [0.3, 0.4) is 0 Å². The van der Waals surface area contributed by atoms with Crippen molar-refractivity contribution in [3.05, 3.63) is 58.3 Å². The number of halogens is 2. The second-order valence-corrected chi connectivity index (χ2v) is 6.54. The predicted molar refractivity (Wildman–Crippen MR) is 78.3 cm³/mol. The van der Waals surface area contributed by atoms with Gasteiger partial charge in [0.2, 0.25) is 0 Å². The molecule has 2 rings (SSSR count). The Morgan fingerprint density at radius 3 is 2.48 bits per heavy atom. The molecule has 0 atom stereocenters. The molecule has 2 aromatic carbocycles. The Kier molecular flexibility index (Phi) is 4.29. The van der Waals surface area contributed by atoms with Gasteiger partial charge in [0.05, 0.1) is 11.3 Å². The minimum Gasteiger partial charge on any atom is -0.478 e. The minimum absolute atomic E-state index is 0.0503. The predicted octanol–water partition coefficient (Wildman–Crippen LogP) is 3.09. The first-order valence-corrected chi connectivity index (χ1v) is 7.89. The quantitative estimate of drug-likeness (QED) is 0.862. The van der Waals surface area contributed by atoms with Crippen LogP contribution in [0.1, 0.15) is 10.4 Å². The number of nitrogens with one attached hydrogen (secondary N) is 1. The van der Waals surface area contributed by atoms with Gasteiger partial charge in [-0.15, -0.1) is 0 Å². The van der Waals surface area contributed by atoms with Crippen molar-refractivity contribution in [3.8, 4) is 0 Å². The molecule has 2 aromatic rings. The number of rotatable bonds is 4. The van der Waals surface area contributed by atoms with Crippen LogP contribution < -0.4 is 4.72 Å². The lowest BCUT2D eigenvalue weighted by atomic mass is 10.2. The molecule has 0 aliphatic rings. The van der Waals surface area contributed by atoms with Gasteiger partial charge in [-0.2, -0.15) is 0 Å². The Balaban J connectivity index is 2.47. The molecule has 0 saturated carbocycles. The van der Waals surface area contributed by atoms with Gasteiger partial charge in [-0.1, -0.05) is 12.1 Å². The number of benzene rings is 2. The molecule has 21 heavy (non-hydrogen) atoms. The number of anilines is 1. The van der Waals surface area contributed by atoms with E-state index >= 15 is 0 Å². The van der Waals surface area contributed by atoms with E-state index < -0.39 is 27.4 Å². The fourth-order valence-corrected chi connectivity index (χ4v) is 3.73. The highest BCUT2D eigenvalue weighted by molar-refractivity contribution is 9.10. The standard InChI is InChI=1S/C13H9BrFNO4S/c14-10-3-1-2-4-12(10)21(19,20)16-11-6-5-8(15)7-9(11)13(17)18/h1-7,16H,(H,17,18). The number of hydrogen-bond acceptors (Lipinski definition) is 3. The summed E-state index contributed by atoms with van der Waals surface area (Å²) in [6.45, 7) is 0. The molecular weight excluding hydrogens is 365 g/mol. The zero-order valence-electron chi connectivity index (χ0n) is 10.4. The summed E-state index contributed by atoms with van der Waals surface area (Å²) in [4.78, 5) is 11.0. The van der Waals surface area contributed by atoms with Crippen molar-refractivity contribution >= 4 is 37.6 Å². The van der Waals surface area contributed by atoms with E-state index in [-0.39, 0.29) is 10.6 Å². The topological polar surface area (TPSA) is 83.5 Å². The van der Waals surface area contributed by atoms with Crippen LogP contribution in [0.5, 0.6) is 0 Å². The summed E-state index contributed by atoms with van der Waals surface area (Å²) >= 11 is 3.11. The van der Waals surface area contributed by atoms with Gasteiger partial charge in [-0.05, 0) is 46.3 Å². The van der Waals surface area contributed by atoms with Gasteiger partial charge in [0.25, 0.3) is 10.0 Å². The number of carbonyl (C=O) groups is 1. The normalized spacial score (nSPS) is 11.1. The van der Waals surface area contributed by atoms with E-state index in [1.165, 1.54) is 18.2 Å². The van der Waals surface area contributed by atoms with Gasteiger partial charge >= 0.3 is 5.97 Å². The molecule has 8 heteroatoms. The van der Waals surface area contributed by atoms with Gasteiger partial charge in [0.15, 0.2) is 0 Å². The zero-order chi connectivity index (χ0) is 15.6. The minimum atomic E-state index is -4.00. The van der Waals surface area contributed by atoms with Crippen LogP contribution in [-0.2, 0) is 10.0 Å². The molecule has 0 aromatic heterocycles. The summed E-state index contributed by atoms with van der Waals surface area (Å²) in [6, 6.07) is 8.86. The molecule has 0 radical (unpaired) electrons. The zero-order valence-corrected chi connectivity index (χ0v) is 12.8. The fraction of sp³-hybridized carbons (Fsp3) is 0. The van der Waals surface area contributed by atoms with E-state index in [1.54, 1.807) is 6.07 Å². The van der Waals surface area contributed by atoms with Crippen molar-refractivity contribution < 1.29 is 22.7 Å². The second kappa shape index (κ2) is 5.82. The maximum atomic E-state index is 13.1. The van der Waals surface area contributed by atoms with Crippen LogP contribution in [-0.4, -0.2) is 19.5 Å². The van der Waals surface area contributed by atoms with Crippen LogP contribution in [0.2, 0.25) is 0 Å². The highest BCUT2D eigenvalue weighted by Crippen LogP contribution is 2.25. The van der Waals surface area contributed by atoms with Crippen molar-refractivity contribution in [2.75, 3.05) is 4.72 Å². The maximum Gasteiger partial charge on any atom is 0.337 e. The highest BCUT2D eigenvalue weighted by Gasteiger charge is 2.20. The third kappa shape index (κ3) is 3.40. The molecule has 0 heterocycles. The van der Waals surface area contributed by atoms with E-state index in [4.69, 9.17) is 5.11 Å². The molecule has 0 bridgehead atoms. The Labute approximate surface area is 128 Å². The first-order valence-electron chi connectivity index (χ1n) is 5.61. The van der Waals surface area contributed by atoms with Gasteiger partial charge in [-0.25, -0.2) is 17.6 Å². The van der Waals surface area contributed by atoms with Gasteiger partial charge < -0.3 is 5.11 Å². The third-order valence-corrected chi connectivity index (χ3v) is 4.96. The van der Waals surface area contributed by atoms with Crippen molar-refractivity contribution in [2.45, 2.75) is 4.90 Å². The molecule has 5 nitrogen and oxygen atoms in total. The Bertz CT molecular complexity index is 808. The van der Waals surface area contributed by atoms with Crippen molar-refractivity contribution in [2.24, 2.45) is 0 Å². The summed E-state index contributed by atoms with van der Waals surface area (Å²) in [7, 11) is -4.00. The highest BCUT2D eigenvalue weighted by atomic mass is 79.9. The Morgan fingerprint density at radius 2 is 1.86 bits per heavy atom. The molecular formula is C13H9BrFNO4S. The number of carboxylic acid groups (broad SMARTS) is 1. The summed E-state index contributed by atoms with van der Waals surface area (Å²) in [6.07, 6.45) is 0. The summed E-state index contributed by atoms with van der Waals surface area (Å²) < 4.78 is 40.1. The van der Waals surface area contributed by atoms with Crippen LogP contribution in [0.15, 0.2) is 51.8 Å². The lowest BCUT2D eigenvalue weighted by Gasteiger charge is -2.11. The molecule has 0 unspecified atom stereocenters. The summed E-state index contributed by atoms with van der Waals surface area (Å²) in [5, 5.41) is 9.00. The first-order chi connectivity index (χ1) is 9.81. The number of aromatic carboxylic acids is 1. The average molecular weight is 374 g/mol. The van der Waals surface area contributed by atoms with E-state index in [1.807, 2.05) is 0 Å². The first kappa shape index (κ1) is 15.5.